The number of rotatable bonds is 8. The van der Waals surface area contributed by atoms with Crippen LogP contribution in [0.25, 0.3) is 0 Å². The second kappa shape index (κ2) is 9.16. The van der Waals surface area contributed by atoms with E-state index >= 15 is 0 Å². The Labute approximate surface area is 163 Å². The van der Waals surface area contributed by atoms with Crippen LogP contribution in [-0.2, 0) is 13.0 Å². The highest BCUT2D eigenvalue weighted by atomic mass is 32.1. The molecule has 1 unspecified atom stereocenters. The van der Waals surface area contributed by atoms with Gasteiger partial charge < -0.3 is 20.5 Å². The monoisotopic (exact) mass is 390 g/mol. The molecule has 3 N–H and O–H groups in total. The number of methoxy groups -OCH3 is 2. The van der Waals surface area contributed by atoms with Crippen molar-refractivity contribution in [1.82, 2.24) is 15.2 Å². The highest BCUT2D eigenvalue weighted by Crippen LogP contribution is 2.24. The molecule has 146 valence electrons. The number of carbonyl (C=O) groups excluding carboxylic acids is 1. The van der Waals surface area contributed by atoms with Crippen LogP contribution in [0, 0.1) is 0 Å². The second-order valence-electron chi connectivity index (χ2n) is 6.58. The van der Waals surface area contributed by atoms with Crippen LogP contribution >= 0.6 is 11.3 Å². The fourth-order valence-corrected chi connectivity index (χ4v) is 4.02. The summed E-state index contributed by atoms with van der Waals surface area (Å²) in [5.41, 5.74) is 7.15. The van der Waals surface area contributed by atoms with Crippen molar-refractivity contribution in [2.24, 2.45) is 5.73 Å². The van der Waals surface area contributed by atoms with Crippen LogP contribution in [0.1, 0.15) is 27.5 Å². The Morgan fingerprint density at radius 1 is 1.33 bits per heavy atom. The minimum absolute atomic E-state index is 0.107. The van der Waals surface area contributed by atoms with Gasteiger partial charge in [0.1, 0.15) is 17.2 Å². The van der Waals surface area contributed by atoms with Gasteiger partial charge in [0.25, 0.3) is 5.91 Å². The van der Waals surface area contributed by atoms with Gasteiger partial charge in [0.2, 0.25) is 0 Å². The van der Waals surface area contributed by atoms with Crippen molar-refractivity contribution in [3.05, 3.63) is 39.8 Å². The molecule has 1 aromatic carbocycles. The maximum atomic E-state index is 12.4. The molecule has 8 heteroatoms. The van der Waals surface area contributed by atoms with Crippen molar-refractivity contribution in [3.63, 3.8) is 0 Å². The van der Waals surface area contributed by atoms with Gasteiger partial charge in [0.05, 0.1) is 19.2 Å². The molecule has 0 aliphatic carbocycles. The van der Waals surface area contributed by atoms with E-state index in [9.17, 15) is 4.79 Å². The summed E-state index contributed by atoms with van der Waals surface area (Å²) in [4.78, 5) is 19.1. The van der Waals surface area contributed by atoms with Gasteiger partial charge in [-0.2, -0.15) is 0 Å². The average Bonchev–Trinajstić information content (AvgIpc) is 3.31. The molecule has 0 spiro atoms. The van der Waals surface area contributed by atoms with E-state index in [4.69, 9.17) is 15.2 Å². The van der Waals surface area contributed by atoms with E-state index in [1.165, 1.54) is 11.3 Å². The Hall–Kier alpha value is -2.16. The zero-order valence-electron chi connectivity index (χ0n) is 15.7. The summed E-state index contributed by atoms with van der Waals surface area (Å²) in [6, 6.07) is 6.03. The molecule has 7 nitrogen and oxygen atoms in total. The molecule has 3 rings (SSSR count). The molecule has 2 aromatic rings. The zero-order valence-corrected chi connectivity index (χ0v) is 16.6. The van der Waals surface area contributed by atoms with E-state index in [2.05, 4.69) is 15.2 Å². The van der Waals surface area contributed by atoms with Gasteiger partial charge in [-0.15, -0.1) is 11.3 Å². The van der Waals surface area contributed by atoms with Crippen LogP contribution in [0.5, 0.6) is 11.5 Å². The first kappa shape index (κ1) is 19.6. The standard InChI is InChI=1S/C19H26N4O3S/c1-25-15-7-13(8-16(9-15)26-2)10-23-6-4-14(11-23)21-19(24)17-12-27-18(22-17)3-5-20/h7-9,12,14H,3-6,10-11,20H2,1-2H3,(H,21,24). The lowest BCUT2D eigenvalue weighted by molar-refractivity contribution is 0.0933. The summed E-state index contributed by atoms with van der Waals surface area (Å²) in [5.74, 6) is 1.46. The SMILES string of the molecule is COc1cc(CN2CCC(NC(=O)c3csc(CCN)n3)C2)cc(OC)c1. The van der Waals surface area contributed by atoms with Crippen molar-refractivity contribution in [2.45, 2.75) is 25.4 Å². The van der Waals surface area contributed by atoms with Gasteiger partial charge in [-0.25, -0.2) is 4.98 Å². The summed E-state index contributed by atoms with van der Waals surface area (Å²) in [5, 5.41) is 5.80. The van der Waals surface area contributed by atoms with E-state index in [0.29, 0.717) is 18.7 Å². The topological polar surface area (TPSA) is 89.7 Å². The van der Waals surface area contributed by atoms with Crippen molar-refractivity contribution >= 4 is 17.2 Å². The Morgan fingerprint density at radius 2 is 2.07 bits per heavy atom. The first-order valence-corrected chi connectivity index (χ1v) is 9.89. The largest absolute Gasteiger partial charge is 0.497 e. The third kappa shape index (κ3) is 5.18. The molecule has 1 aliphatic heterocycles. The van der Waals surface area contributed by atoms with Gasteiger partial charge in [-0.1, -0.05) is 0 Å². The number of thiazole rings is 1. The molecule has 1 aliphatic rings. The normalized spacial score (nSPS) is 17.1. The number of ether oxygens (including phenoxy) is 2. The fourth-order valence-electron chi connectivity index (χ4n) is 3.22. The fraction of sp³-hybridized carbons (Fsp3) is 0.474. The molecule has 2 heterocycles. The van der Waals surface area contributed by atoms with Crippen LogP contribution in [0.3, 0.4) is 0 Å². The minimum atomic E-state index is -0.107. The van der Waals surface area contributed by atoms with Crippen LogP contribution < -0.4 is 20.5 Å². The number of aromatic nitrogens is 1. The van der Waals surface area contributed by atoms with Crippen molar-refractivity contribution in [2.75, 3.05) is 33.9 Å². The number of hydrogen-bond acceptors (Lipinski definition) is 7. The molecule has 0 saturated carbocycles. The molecule has 1 atom stereocenters. The van der Waals surface area contributed by atoms with Crippen molar-refractivity contribution in [3.8, 4) is 11.5 Å². The number of nitrogens with one attached hydrogen (secondary N) is 1. The van der Waals surface area contributed by atoms with Gasteiger partial charge >= 0.3 is 0 Å². The first-order valence-electron chi connectivity index (χ1n) is 9.01. The van der Waals surface area contributed by atoms with Crippen LogP contribution in [0.4, 0.5) is 0 Å². The lowest BCUT2D eigenvalue weighted by Gasteiger charge is -2.17. The van der Waals surface area contributed by atoms with Crippen LogP contribution in [0.15, 0.2) is 23.6 Å². The molecule has 0 bridgehead atoms. The first-order chi connectivity index (χ1) is 13.1. The summed E-state index contributed by atoms with van der Waals surface area (Å²) in [7, 11) is 3.30. The van der Waals surface area contributed by atoms with Crippen molar-refractivity contribution < 1.29 is 14.3 Å². The van der Waals surface area contributed by atoms with E-state index < -0.39 is 0 Å². The molecular formula is C19H26N4O3S. The quantitative estimate of drug-likeness (QED) is 0.713. The molecule has 1 amide bonds. The third-order valence-electron chi connectivity index (χ3n) is 4.57. The van der Waals surface area contributed by atoms with Gasteiger partial charge in [0.15, 0.2) is 0 Å². The van der Waals surface area contributed by atoms with E-state index in [0.717, 1.165) is 48.1 Å². The smallest absolute Gasteiger partial charge is 0.271 e. The number of amides is 1. The molecule has 1 saturated heterocycles. The predicted molar refractivity (Wildman–Crippen MR) is 106 cm³/mol. The summed E-state index contributed by atoms with van der Waals surface area (Å²) >= 11 is 1.48. The highest BCUT2D eigenvalue weighted by molar-refractivity contribution is 7.09. The number of benzene rings is 1. The summed E-state index contributed by atoms with van der Waals surface area (Å²) < 4.78 is 10.7. The maximum Gasteiger partial charge on any atom is 0.271 e. The minimum Gasteiger partial charge on any atom is -0.497 e. The Bertz CT molecular complexity index is 758. The number of nitrogens with two attached hydrogens (primary N) is 1. The van der Waals surface area contributed by atoms with Crippen LogP contribution in [0.2, 0.25) is 0 Å². The number of nitrogens with zero attached hydrogens (tertiary/aromatic N) is 2. The van der Waals surface area contributed by atoms with Crippen LogP contribution in [-0.4, -0.2) is 55.7 Å². The highest BCUT2D eigenvalue weighted by Gasteiger charge is 2.25. The summed E-state index contributed by atoms with van der Waals surface area (Å²) in [6.07, 6.45) is 1.63. The third-order valence-corrected chi connectivity index (χ3v) is 5.48. The van der Waals surface area contributed by atoms with E-state index in [1.807, 2.05) is 18.2 Å². The van der Waals surface area contributed by atoms with E-state index in [1.54, 1.807) is 19.6 Å². The number of likely N-dealkylation sites (tertiary alicyclic amines) is 1. The molecule has 1 aromatic heterocycles. The second-order valence-corrected chi connectivity index (χ2v) is 7.52. The van der Waals surface area contributed by atoms with Crippen molar-refractivity contribution in [1.29, 1.82) is 0 Å². The van der Waals surface area contributed by atoms with Gasteiger partial charge in [-0.3, -0.25) is 9.69 Å². The lowest BCUT2D eigenvalue weighted by atomic mass is 10.2. The summed E-state index contributed by atoms with van der Waals surface area (Å²) in [6.45, 7) is 3.07. The molecule has 27 heavy (non-hydrogen) atoms. The van der Waals surface area contributed by atoms with E-state index in [-0.39, 0.29) is 11.9 Å². The Morgan fingerprint density at radius 3 is 2.74 bits per heavy atom. The Kier molecular flexibility index (Phi) is 6.65. The Balaban J connectivity index is 1.54. The zero-order chi connectivity index (χ0) is 19.2. The van der Waals surface area contributed by atoms with Gasteiger partial charge in [-0.05, 0) is 30.7 Å². The van der Waals surface area contributed by atoms with Gasteiger partial charge in [0, 0.05) is 43.5 Å². The number of carbonyl (C=O) groups is 1. The maximum absolute atomic E-state index is 12.4. The molecule has 0 radical (unpaired) electrons. The average molecular weight is 391 g/mol. The number of hydrogen-bond donors (Lipinski definition) is 2. The molecule has 1 fully saturated rings. The molecular weight excluding hydrogens is 364 g/mol. The lowest BCUT2D eigenvalue weighted by Crippen LogP contribution is -2.37. The predicted octanol–water partition coefficient (Wildman–Crippen LogP) is 1.67.